The lowest BCUT2D eigenvalue weighted by atomic mass is 10.1. The molecule has 0 aliphatic carbocycles. The standard InChI is InChI=1S/C15H14BrCl2N/c1-10(11-5-7-13(16)8-6-11)19-9-12-3-2-4-14(17)15(12)18/h2-8,10,19H,9H2,1H3/t10-/m0/s1. The van der Waals surface area contributed by atoms with Crippen LogP contribution in [0, 0.1) is 0 Å². The molecule has 0 aliphatic rings. The highest BCUT2D eigenvalue weighted by Gasteiger charge is 2.08. The maximum absolute atomic E-state index is 6.17. The maximum atomic E-state index is 6.17. The Labute approximate surface area is 132 Å². The molecule has 0 spiro atoms. The Bertz CT molecular complexity index is 555. The van der Waals surface area contributed by atoms with Crippen molar-refractivity contribution in [3.8, 4) is 0 Å². The van der Waals surface area contributed by atoms with Crippen LogP contribution in [0.1, 0.15) is 24.1 Å². The van der Waals surface area contributed by atoms with Crippen LogP contribution in [0.2, 0.25) is 10.0 Å². The second-order valence-electron chi connectivity index (χ2n) is 4.37. The van der Waals surface area contributed by atoms with Gasteiger partial charge in [0.1, 0.15) is 0 Å². The molecule has 0 unspecified atom stereocenters. The third kappa shape index (κ3) is 3.96. The first-order chi connectivity index (χ1) is 9.08. The molecule has 0 saturated heterocycles. The lowest BCUT2D eigenvalue weighted by Gasteiger charge is -2.15. The molecule has 1 nitrogen and oxygen atoms in total. The average Bonchev–Trinajstić information content (AvgIpc) is 2.41. The molecule has 1 atom stereocenters. The molecule has 0 aliphatic heterocycles. The van der Waals surface area contributed by atoms with Gasteiger partial charge in [-0.3, -0.25) is 0 Å². The van der Waals surface area contributed by atoms with Crippen LogP contribution in [0.3, 0.4) is 0 Å². The fourth-order valence-corrected chi connectivity index (χ4v) is 2.47. The second-order valence-corrected chi connectivity index (χ2v) is 6.07. The van der Waals surface area contributed by atoms with Crippen LogP contribution < -0.4 is 5.32 Å². The molecule has 100 valence electrons. The zero-order chi connectivity index (χ0) is 13.8. The topological polar surface area (TPSA) is 12.0 Å². The molecule has 0 radical (unpaired) electrons. The summed E-state index contributed by atoms with van der Waals surface area (Å²) in [5.41, 5.74) is 2.25. The Morgan fingerprint density at radius 2 is 1.79 bits per heavy atom. The highest BCUT2D eigenvalue weighted by atomic mass is 79.9. The molecule has 19 heavy (non-hydrogen) atoms. The summed E-state index contributed by atoms with van der Waals surface area (Å²) in [6.07, 6.45) is 0. The normalized spacial score (nSPS) is 12.4. The molecule has 1 N–H and O–H groups in total. The van der Waals surface area contributed by atoms with Gasteiger partial charge in [0.2, 0.25) is 0 Å². The quantitative estimate of drug-likeness (QED) is 0.749. The van der Waals surface area contributed by atoms with Gasteiger partial charge in [0, 0.05) is 17.1 Å². The van der Waals surface area contributed by atoms with E-state index in [1.54, 1.807) is 6.07 Å². The Balaban J connectivity index is 2.02. The minimum atomic E-state index is 0.253. The molecule has 0 saturated carbocycles. The van der Waals surface area contributed by atoms with E-state index < -0.39 is 0 Å². The van der Waals surface area contributed by atoms with Gasteiger partial charge in [0.05, 0.1) is 10.0 Å². The third-order valence-corrected chi connectivity index (χ3v) is 4.39. The number of hydrogen-bond acceptors (Lipinski definition) is 1. The van der Waals surface area contributed by atoms with Gasteiger partial charge in [-0.05, 0) is 36.2 Å². The van der Waals surface area contributed by atoms with Crippen LogP contribution in [0.15, 0.2) is 46.9 Å². The van der Waals surface area contributed by atoms with Crippen LogP contribution in [-0.4, -0.2) is 0 Å². The van der Waals surface area contributed by atoms with Gasteiger partial charge in [0.15, 0.2) is 0 Å². The van der Waals surface area contributed by atoms with Crippen LogP contribution in [0.4, 0.5) is 0 Å². The van der Waals surface area contributed by atoms with Gasteiger partial charge >= 0.3 is 0 Å². The summed E-state index contributed by atoms with van der Waals surface area (Å²) in [5, 5.41) is 4.66. The highest BCUT2D eigenvalue weighted by Crippen LogP contribution is 2.26. The summed E-state index contributed by atoms with van der Waals surface area (Å²) in [6.45, 7) is 2.82. The van der Waals surface area contributed by atoms with Crippen molar-refractivity contribution in [2.75, 3.05) is 0 Å². The average molecular weight is 359 g/mol. The van der Waals surface area contributed by atoms with Crippen LogP contribution in [0.25, 0.3) is 0 Å². The van der Waals surface area contributed by atoms with Gasteiger partial charge in [-0.1, -0.05) is 63.4 Å². The van der Waals surface area contributed by atoms with Crippen molar-refractivity contribution in [3.05, 3.63) is 68.1 Å². The lowest BCUT2D eigenvalue weighted by molar-refractivity contribution is 0.575. The van der Waals surface area contributed by atoms with E-state index in [0.29, 0.717) is 16.6 Å². The van der Waals surface area contributed by atoms with Crippen molar-refractivity contribution in [1.82, 2.24) is 5.32 Å². The molecule has 0 aromatic heterocycles. The van der Waals surface area contributed by atoms with E-state index in [1.807, 2.05) is 24.3 Å². The van der Waals surface area contributed by atoms with Gasteiger partial charge in [-0.15, -0.1) is 0 Å². The number of halogens is 3. The Hall–Kier alpha value is -0.540. The first-order valence-electron chi connectivity index (χ1n) is 5.99. The van der Waals surface area contributed by atoms with Crippen molar-refractivity contribution in [1.29, 1.82) is 0 Å². The number of hydrogen-bond donors (Lipinski definition) is 1. The molecule has 0 heterocycles. The predicted octanol–water partition coefficient (Wildman–Crippen LogP) is 5.61. The van der Waals surface area contributed by atoms with Crippen molar-refractivity contribution in [2.24, 2.45) is 0 Å². The highest BCUT2D eigenvalue weighted by molar-refractivity contribution is 9.10. The Kier molecular flexibility index (Phi) is 5.28. The first kappa shape index (κ1) is 14.9. The van der Waals surface area contributed by atoms with Gasteiger partial charge in [-0.25, -0.2) is 0 Å². The summed E-state index contributed by atoms with van der Waals surface area (Å²) in [7, 11) is 0. The smallest absolute Gasteiger partial charge is 0.0637 e. The van der Waals surface area contributed by atoms with Crippen LogP contribution in [-0.2, 0) is 6.54 Å². The SMILES string of the molecule is C[C@H](NCc1cccc(Cl)c1Cl)c1ccc(Br)cc1. The van der Waals surface area contributed by atoms with Crippen LogP contribution >= 0.6 is 39.1 Å². The summed E-state index contributed by atoms with van der Waals surface area (Å²) in [5.74, 6) is 0. The fourth-order valence-electron chi connectivity index (χ4n) is 1.82. The van der Waals surface area contributed by atoms with E-state index in [-0.39, 0.29) is 6.04 Å². The van der Waals surface area contributed by atoms with Crippen molar-refractivity contribution >= 4 is 39.1 Å². The predicted molar refractivity (Wildman–Crippen MR) is 85.9 cm³/mol. The summed E-state index contributed by atoms with van der Waals surface area (Å²) < 4.78 is 1.08. The molecule has 4 heteroatoms. The Morgan fingerprint density at radius 1 is 1.11 bits per heavy atom. The first-order valence-corrected chi connectivity index (χ1v) is 7.54. The zero-order valence-electron chi connectivity index (χ0n) is 10.5. The van der Waals surface area contributed by atoms with Crippen LogP contribution in [0.5, 0.6) is 0 Å². The number of nitrogens with one attached hydrogen (secondary N) is 1. The van der Waals surface area contributed by atoms with Gasteiger partial charge in [0.25, 0.3) is 0 Å². The van der Waals surface area contributed by atoms with Crippen molar-refractivity contribution in [2.45, 2.75) is 19.5 Å². The van der Waals surface area contributed by atoms with E-state index in [2.05, 4.69) is 40.3 Å². The molecule has 2 aromatic carbocycles. The summed E-state index contributed by atoms with van der Waals surface area (Å²) in [6, 6.07) is 14.2. The summed E-state index contributed by atoms with van der Waals surface area (Å²) in [4.78, 5) is 0. The lowest BCUT2D eigenvalue weighted by Crippen LogP contribution is -2.18. The minimum Gasteiger partial charge on any atom is -0.306 e. The monoisotopic (exact) mass is 357 g/mol. The fraction of sp³-hybridized carbons (Fsp3) is 0.200. The van der Waals surface area contributed by atoms with Gasteiger partial charge in [-0.2, -0.15) is 0 Å². The van der Waals surface area contributed by atoms with Crippen molar-refractivity contribution < 1.29 is 0 Å². The molecular weight excluding hydrogens is 345 g/mol. The number of rotatable bonds is 4. The molecule has 0 bridgehead atoms. The van der Waals surface area contributed by atoms with E-state index >= 15 is 0 Å². The third-order valence-electron chi connectivity index (χ3n) is 3.00. The molecule has 2 aromatic rings. The molecule has 0 amide bonds. The largest absolute Gasteiger partial charge is 0.306 e. The second kappa shape index (κ2) is 6.76. The minimum absolute atomic E-state index is 0.253. The zero-order valence-corrected chi connectivity index (χ0v) is 13.6. The van der Waals surface area contributed by atoms with Gasteiger partial charge < -0.3 is 5.32 Å². The summed E-state index contributed by atoms with van der Waals surface area (Å²) >= 11 is 15.6. The molecule has 2 rings (SSSR count). The Morgan fingerprint density at radius 3 is 2.47 bits per heavy atom. The van der Waals surface area contributed by atoms with Crippen molar-refractivity contribution in [3.63, 3.8) is 0 Å². The van der Waals surface area contributed by atoms with E-state index in [9.17, 15) is 0 Å². The van der Waals surface area contributed by atoms with E-state index in [0.717, 1.165) is 10.0 Å². The number of benzene rings is 2. The molecule has 0 fully saturated rings. The van der Waals surface area contributed by atoms with E-state index in [1.165, 1.54) is 5.56 Å². The maximum Gasteiger partial charge on any atom is 0.0637 e. The molecular formula is C15H14BrCl2N. The van der Waals surface area contributed by atoms with E-state index in [4.69, 9.17) is 23.2 Å².